The first-order valence-electron chi connectivity index (χ1n) is 7.89. The number of rotatable bonds is 6. The average molecular weight is 370 g/mol. The summed E-state index contributed by atoms with van der Waals surface area (Å²) in [5.74, 6) is -0.711. The molecule has 0 bridgehead atoms. The van der Waals surface area contributed by atoms with Gasteiger partial charge in [0.25, 0.3) is 0 Å². The Labute approximate surface area is 146 Å². The number of hydrogen-bond acceptors (Lipinski definition) is 11. The summed E-state index contributed by atoms with van der Waals surface area (Å²) in [4.78, 5) is 43.5. The second-order valence-corrected chi connectivity index (χ2v) is 5.70. The zero-order valence-corrected chi connectivity index (χ0v) is 13.7. The standard InChI is InChI=1S/C14H18N4O8/c1-2-6(15)12(20)26-17-8-3-4-18(13(21)16-8)11-10-9(7(5-19)23-11)24-14(22)25-10/h3-4,6-7,9-11,19H,2,5,15H2,1H3,(H,16,17,21)/t6-,7+,9+,10+,11+/m0/s1. The van der Waals surface area contributed by atoms with Gasteiger partial charge in [-0.3, -0.25) is 4.57 Å². The molecule has 2 aliphatic rings. The molecule has 4 N–H and O–H groups in total. The van der Waals surface area contributed by atoms with Crippen molar-refractivity contribution in [3.8, 4) is 0 Å². The summed E-state index contributed by atoms with van der Waals surface area (Å²) in [6.07, 6.45) is -2.73. The molecule has 3 rings (SSSR count). The van der Waals surface area contributed by atoms with Crippen molar-refractivity contribution < 1.29 is 33.7 Å². The van der Waals surface area contributed by atoms with Crippen molar-refractivity contribution in [3.63, 3.8) is 0 Å². The number of carbonyl (C=O) groups excluding carboxylic acids is 2. The molecule has 3 heterocycles. The first-order valence-corrected chi connectivity index (χ1v) is 7.89. The lowest BCUT2D eigenvalue weighted by Gasteiger charge is -2.18. The molecule has 2 saturated heterocycles. The zero-order valence-electron chi connectivity index (χ0n) is 13.7. The van der Waals surface area contributed by atoms with E-state index in [9.17, 15) is 19.5 Å². The van der Waals surface area contributed by atoms with Gasteiger partial charge in [0.2, 0.25) is 0 Å². The SMILES string of the molecule is CC[C@H](N)C(=O)ONc1ccn([C@@H]2O[C@H](CO)[C@H]3OC(=O)O[C@H]32)c(=O)n1. The molecule has 0 radical (unpaired) electrons. The van der Waals surface area contributed by atoms with Gasteiger partial charge >= 0.3 is 17.8 Å². The Morgan fingerprint density at radius 2 is 2.19 bits per heavy atom. The number of ether oxygens (including phenoxy) is 3. The lowest BCUT2D eigenvalue weighted by atomic mass is 10.1. The highest BCUT2D eigenvalue weighted by molar-refractivity contribution is 5.76. The minimum atomic E-state index is -1.01. The Kier molecular flexibility index (Phi) is 5.06. The summed E-state index contributed by atoms with van der Waals surface area (Å²) >= 11 is 0. The van der Waals surface area contributed by atoms with Gasteiger partial charge in [-0.1, -0.05) is 6.92 Å². The molecule has 5 atom stereocenters. The van der Waals surface area contributed by atoms with Gasteiger partial charge in [0.15, 0.2) is 24.3 Å². The van der Waals surface area contributed by atoms with Crippen LogP contribution in [0.3, 0.4) is 0 Å². The third kappa shape index (κ3) is 3.34. The molecule has 12 heteroatoms. The number of hydrogen-bond donors (Lipinski definition) is 3. The molecule has 2 fully saturated rings. The zero-order chi connectivity index (χ0) is 18.8. The Bertz CT molecular complexity index is 753. The number of aliphatic hydroxyl groups excluding tert-OH is 1. The average Bonchev–Trinajstić information content (AvgIpc) is 3.16. The summed E-state index contributed by atoms with van der Waals surface area (Å²) in [6.45, 7) is 1.31. The lowest BCUT2D eigenvalue weighted by molar-refractivity contribution is -0.142. The van der Waals surface area contributed by atoms with E-state index in [1.165, 1.54) is 12.3 Å². The Balaban J connectivity index is 1.73. The maximum atomic E-state index is 12.2. The smallest absolute Gasteiger partial charge is 0.424 e. The highest BCUT2D eigenvalue weighted by Crippen LogP contribution is 2.36. The lowest BCUT2D eigenvalue weighted by Crippen LogP contribution is -2.35. The van der Waals surface area contributed by atoms with Crippen LogP contribution in [0.4, 0.5) is 10.6 Å². The third-order valence-corrected chi connectivity index (χ3v) is 4.03. The van der Waals surface area contributed by atoms with Gasteiger partial charge in [-0.15, -0.1) is 0 Å². The number of anilines is 1. The number of aliphatic hydroxyl groups is 1. The van der Waals surface area contributed by atoms with Crippen LogP contribution >= 0.6 is 0 Å². The first-order chi connectivity index (χ1) is 12.4. The highest BCUT2D eigenvalue weighted by atomic mass is 16.8. The van der Waals surface area contributed by atoms with Crippen LogP contribution in [0.25, 0.3) is 0 Å². The predicted molar refractivity (Wildman–Crippen MR) is 82.6 cm³/mol. The van der Waals surface area contributed by atoms with Crippen LogP contribution < -0.4 is 16.9 Å². The van der Waals surface area contributed by atoms with Crippen LogP contribution in [0.5, 0.6) is 0 Å². The van der Waals surface area contributed by atoms with E-state index in [4.69, 9.17) is 24.8 Å². The summed E-state index contributed by atoms with van der Waals surface area (Å²) in [5.41, 5.74) is 7.01. The molecule has 1 aromatic heterocycles. The van der Waals surface area contributed by atoms with Crippen LogP contribution in [0.15, 0.2) is 17.1 Å². The molecule has 0 amide bonds. The van der Waals surface area contributed by atoms with E-state index in [0.29, 0.717) is 6.42 Å². The van der Waals surface area contributed by atoms with Crippen molar-refractivity contribution in [2.24, 2.45) is 5.73 Å². The van der Waals surface area contributed by atoms with E-state index in [0.717, 1.165) is 4.57 Å². The van der Waals surface area contributed by atoms with Gasteiger partial charge in [0.05, 0.1) is 6.61 Å². The summed E-state index contributed by atoms with van der Waals surface area (Å²) in [7, 11) is 0. The minimum absolute atomic E-state index is 0.0178. The summed E-state index contributed by atoms with van der Waals surface area (Å²) < 4.78 is 16.6. The Morgan fingerprint density at radius 1 is 1.46 bits per heavy atom. The van der Waals surface area contributed by atoms with Crippen molar-refractivity contribution in [3.05, 3.63) is 22.7 Å². The van der Waals surface area contributed by atoms with Crippen molar-refractivity contribution >= 4 is 17.9 Å². The molecular weight excluding hydrogens is 352 g/mol. The maximum absolute atomic E-state index is 12.2. The van der Waals surface area contributed by atoms with Crippen LogP contribution in [0, 0.1) is 0 Å². The number of aromatic nitrogens is 2. The molecule has 2 aliphatic heterocycles. The molecule has 12 nitrogen and oxygen atoms in total. The van der Waals surface area contributed by atoms with Gasteiger partial charge in [-0.05, 0) is 6.42 Å². The van der Waals surface area contributed by atoms with Crippen LogP contribution in [0.1, 0.15) is 19.6 Å². The maximum Gasteiger partial charge on any atom is 0.509 e. The number of carbonyl (C=O) groups is 2. The van der Waals surface area contributed by atoms with Crippen LogP contribution in [-0.4, -0.2) is 57.7 Å². The highest BCUT2D eigenvalue weighted by Gasteiger charge is 2.55. The van der Waals surface area contributed by atoms with E-state index in [2.05, 4.69) is 10.5 Å². The van der Waals surface area contributed by atoms with E-state index in [-0.39, 0.29) is 5.82 Å². The van der Waals surface area contributed by atoms with Gasteiger partial charge in [0.1, 0.15) is 12.1 Å². The second kappa shape index (κ2) is 7.27. The number of nitrogens with two attached hydrogens (primary N) is 1. The van der Waals surface area contributed by atoms with E-state index in [1.807, 2.05) is 0 Å². The van der Waals surface area contributed by atoms with E-state index < -0.39 is 55.0 Å². The molecule has 142 valence electrons. The van der Waals surface area contributed by atoms with Gasteiger partial charge in [-0.2, -0.15) is 4.98 Å². The second-order valence-electron chi connectivity index (χ2n) is 5.70. The number of nitrogens with zero attached hydrogens (tertiary/aromatic N) is 2. The summed E-state index contributed by atoms with van der Waals surface area (Å²) in [5, 5.41) is 9.32. The van der Waals surface area contributed by atoms with Crippen LogP contribution in [0.2, 0.25) is 0 Å². The Hall–Kier alpha value is -2.70. The van der Waals surface area contributed by atoms with Crippen molar-refractivity contribution in [1.82, 2.24) is 9.55 Å². The molecule has 0 aromatic carbocycles. The fraction of sp³-hybridized carbons (Fsp3) is 0.571. The molecule has 0 spiro atoms. The normalized spacial score (nSPS) is 28.0. The van der Waals surface area contributed by atoms with E-state index >= 15 is 0 Å². The fourth-order valence-corrected chi connectivity index (χ4v) is 2.60. The fourth-order valence-electron chi connectivity index (χ4n) is 2.60. The third-order valence-electron chi connectivity index (χ3n) is 4.03. The molecule has 0 aliphatic carbocycles. The van der Waals surface area contributed by atoms with Gasteiger partial charge < -0.3 is 29.9 Å². The predicted octanol–water partition coefficient (Wildman–Crippen LogP) is -1.36. The monoisotopic (exact) mass is 370 g/mol. The van der Waals surface area contributed by atoms with Crippen molar-refractivity contribution in [2.75, 3.05) is 12.1 Å². The first kappa shape index (κ1) is 18.1. The summed E-state index contributed by atoms with van der Waals surface area (Å²) in [6, 6.07) is 0.563. The molecular formula is C14H18N4O8. The Morgan fingerprint density at radius 3 is 2.85 bits per heavy atom. The molecule has 0 unspecified atom stereocenters. The topological polar surface area (TPSA) is 164 Å². The van der Waals surface area contributed by atoms with Gasteiger partial charge in [0, 0.05) is 12.3 Å². The minimum Gasteiger partial charge on any atom is -0.424 e. The van der Waals surface area contributed by atoms with Gasteiger partial charge in [-0.25, -0.2) is 19.9 Å². The number of fused-ring (bicyclic) bond motifs is 1. The quantitative estimate of drug-likeness (QED) is 0.400. The molecule has 0 saturated carbocycles. The molecule has 26 heavy (non-hydrogen) atoms. The van der Waals surface area contributed by atoms with E-state index in [1.54, 1.807) is 6.92 Å². The van der Waals surface area contributed by atoms with Crippen LogP contribution in [-0.2, 0) is 23.8 Å². The van der Waals surface area contributed by atoms with Crippen molar-refractivity contribution in [1.29, 1.82) is 0 Å². The van der Waals surface area contributed by atoms with Crippen molar-refractivity contribution in [2.45, 2.75) is 43.9 Å². The molecule has 1 aromatic rings. The largest absolute Gasteiger partial charge is 0.509 e. The number of nitrogens with one attached hydrogen (secondary N) is 1.